The molecule has 0 aromatic heterocycles. The van der Waals surface area contributed by atoms with Gasteiger partial charge in [-0.25, -0.2) is 4.39 Å². The molecule has 1 heterocycles. The number of hydrogen-bond acceptors (Lipinski definition) is 2. The fraction of sp³-hybridized carbons (Fsp3) is 0.462. The molecule has 0 aliphatic carbocycles. The van der Waals surface area contributed by atoms with Crippen molar-refractivity contribution in [2.45, 2.75) is 12.8 Å². The number of carbonyl (C=O) groups is 1. The Hall–Kier alpha value is -1.42. The number of nitrogens with zero attached hydrogens (tertiary/aromatic N) is 1. The first-order valence-electron chi connectivity index (χ1n) is 5.99. The third-order valence-electron chi connectivity index (χ3n) is 3.02. The van der Waals surface area contributed by atoms with Gasteiger partial charge in [0.05, 0.1) is 6.54 Å². The Morgan fingerprint density at radius 3 is 3.00 bits per heavy atom. The van der Waals surface area contributed by atoms with E-state index in [0.29, 0.717) is 25.1 Å². The maximum Gasteiger partial charge on any atom is 0.236 e. The maximum atomic E-state index is 13.4. The van der Waals surface area contributed by atoms with Crippen molar-refractivity contribution < 1.29 is 9.18 Å². The highest BCUT2D eigenvalue weighted by Gasteiger charge is 2.16. The van der Waals surface area contributed by atoms with E-state index >= 15 is 0 Å². The number of halogens is 1. The lowest BCUT2D eigenvalue weighted by Gasteiger charge is -2.20. The minimum Gasteiger partial charge on any atom is -0.341 e. The number of rotatable bonds is 3. The molecule has 0 atom stereocenters. The molecule has 1 aromatic rings. The fourth-order valence-corrected chi connectivity index (χ4v) is 2.02. The van der Waals surface area contributed by atoms with Crippen molar-refractivity contribution in [1.29, 1.82) is 0 Å². The second-order valence-corrected chi connectivity index (χ2v) is 4.25. The van der Waals surface area contributed by atoms with Crippen LogP contribution in [0, 0.1) is 5.82 Å². The van der Waals surface area contributed by atoms with Gasteiger partial charge in [0, 0.05) is 13.1 Å². The van der Waals surface area contributed by atoms with Crippen molar-refractivity contribution in [3.05, 3.63) is 35.6 Å². The van der Waals surface area contributed by atoms with Crippen molar-refractivity contribution in [2.24, 2.45) is 0 Å². The number of amides is 1. The molecular weight excluding hydrogens is 219 g/mol. The Bertz CT molecular complexity index is 395. The number of nitrogens with one attached hydrogen (secondary N) is 1. The second-order valence-electron chi connectivity index (χ2n) is 4.25. The number of carbonyl (C=O) groups excluding carboxylic acids is 1. The monoisotopic (exact) mass is 236 g/mol. The molecule has 0 unspecified atom stereocenters. The van der Waals surface area contributed by atoms with E-state index in [2.05, 4.69) is 5.32 Å². The molecule has 1 aromatic carbocycles. The standard InChI is InChI=1S/C13H17FN2O/c14-12-5-2-1-4-11(12)6-9-16-8-3-7-15-10-13(16)17/h1-2,4-5,15H,3,6-10H2. The van der Waals surface area contributed by atoms with E-state index in [1.807, 2.05) is 11.0 Å². The molecule has 17 heavy (non-hydrogen) atoms. The molecule has 3 nitrogen and oxygen atoms in total. The highest BCUT2D eigenvalue weighted by molar-refractivity contribution is 5.78. The Morgan fingerprint density at radius 2 is 2.18 bits per heavy atom. The lowest BCUT2D eigenvalue weighted by atomic mass is 10.1. The van der Waals surface area contributed by atoms with Gasteiger partial charge < -0.3 is 10.2 Å². The largest absolute Gasteiger partial charge is 0.341 e. The van der Waals surface area contributed by atoms with E-state index < -0.39 is 0 Å². The van der Waals surface area contributed by atoms with E-state index in [0.717, 1.165) is 19.5 Å². The predicted octanol–water partition coefficient (Wildman–Crippen LogP) is 1.19. The summed E-state index contributed by atoms with van der Waals surface area (Å²) in [7, 11) is 0. The molecule has 2 rings (SSSR count). The number of hydrogen-bond donors (Lipinski definition) is 1. The minimum atomic E-state index is -0.187. The summed E-state index contributed by atoms with van der Waals surface area (Å²) in [5, 5.41) is 3.07. The van der Waals surface area contributed by atoms with Crippen LogP contribution in [-0.2, 0) is 11.2 Å². The van der Waals surface area contributed by atoms with Gasteiger partial charge >= 0.3 is 0 Å². The lowest BCUT2D eigenvalue weighted by Crippen LogP contribution is -2.36. The zero-order valence-corrected chi connectivity index (χ0v) is 9.79. The Balaban J connectivity index is 1.93. The van der Waals surface area contributed by atoms with Gasteiger partial charge in [0.25, 0.3) is 0 Å². The molecule has 0 radical (unpaired) electrons. The van der Waals surface area contributed by atoms with Crippen LogP contribution in [0.4, 0.5) is 4.39 Å². The van der Waals surface area contributed by atoms with E-state index in [9.17, 15) is 9.18 Å². The highest BCUT2D eigenvalue weighted by Crippen LogP contribution is 2.08. The van der Waals surface area contributed by atoms with Crippen LogP contribution in [-0.4, -0.2) is 37.0 Å². The summed E-state index contributed by atoms with van der Waals surface area (Å²) in [6.07, 6.45) is 1.54. The summed E-state index contributed by atoms with van der Waals surface area (Å²) < 4.78 is 13.4. The maximum absolute atomic E-state index is 13.4. The minimum absolute atomic E-state index is 0.110. The molecular formula is C13H17FN2O. The molecule has 1 saturated heterocycles. The summed E-state index contributed by atoms with van der Waals surface area (Å²) in [5.41, 5.74) is 0.678. The molecule has 1 fully saturated rings. The fourth-order valence-electron chi connectivity index (χ4n) is 2.02. The second kappa shape index (κ2) is 5.77. The topological polar surface area (TPSA) is 32.3 Å². The van der Waals surface area contributed by atoms with Crippen molar-refractivity contribution >= 4 is 5.91 Å². The van der Waals surface area contributed by atoms with Gasteiger partial charge in [-0.1, -0.05) is 18.2 Å². The summed E-state index contributed by atoms with van der Waals surface area (Å²) in [4.78, 5) is 13.5. The van der Waals surface area contributed by atoms with Gasteiger partial charge in [0.15, 0.2) is 0 Å². The molecule has 4 heteroatoms. The van der Waals surface area contributed by atoms with Crippen LogP contribution in [0.2, 0.25) is 0 Å². The van der Waals surface area contributed by atoms with Gasteiger partial charge in [-0.3, -0.25) is 4.79 Å². The van der Waals surface area contributed by atoms with Gasteiger partial charge in [-0.2, -0.15) is 0 Å². The molecule has 1 N–H and O–H groups in total. The van der Waals surface area contributed by atoms with E-state index in [1.54, 1.807) is 12.1 Å². The molecule has 1 amide bonds. The van der Waals surface area contributed by atoms with Crippen LogP contribution in [0.5, 0.6) is 0 Å². The SMILES string of the molecule is O=C1CNCCCN1CCc1ccccc1F. The van der Waals surface area contributed by atoms with Crippen molar-refractivity contribution in [3.8, 4) is 0 Å². The summed E-state index contributed by atoms with van der Waals surface area (Å²) >= 11 is 0. The van der Waals surface area contributed by atoms with Crippen molar-refractivity contribution in [2.75, 3.05) is 26.2 Å². The van der Waals surface area contributed by atoms with Gasteiger partial charge in [0.2, 0.25) is 5.91 Å². The Kier molecular flexibility index (Phi) is 4.09. The van der Waals surface area contributed by atoms with Crippen LogP contribution < -0.4 is 5.32 Å². The van der Waals surface area contributed by atoms with Crippen LogP contribution in [0.3, 0.4) is 0 Å². The quantitative estimate of drug-likeness (QED) is 0.855. The average molecular weight is 236 g/mol. The third kappa shape index (κ3) is 3.27. The highest BCUT2D eigenvalue weighted by atomic mass is 19.1. The predicted molar refractivity (Wildman–Crippen MR) is 64.2 cm³/mol. The summed E-state index contributed by atoms with van der Waals surface area (Å²) in [6.45, 7) is 2.64. The van der Waals surface area contributed by atoms with Crippen LogP contribution in [0.1, 0.15) is 12.0 Å². The third-order valence-corrected chi connectivity index (χ3v) is 3.02. The smallest absolute Gasteiger partial charge is 0.236 e. The van der Waals surface area contributed by atoms with Crippen LogP contribution in [0.15, 0.2) is 24.3 Å². The van der Waals surface area contributed by atoms with Gasteiger partial charge in [-0.15, -0.1) is 0 Å². The number of benzene rings is 1. The molecule has 0 bridgehead atoms. The van der Waals surface area contributed by atoms with E-state index in [1.165, 1.54) is 6.07 Å². The molecule has 1 aliphatic rings. The molecule has 0 spiro atoms. The zero-order chi connectivity index (χ0) is 12.1. The van der Waals surface area contributed by atoms with Gasteiger partial charge in [0.1, 0.15) is 5.82 Å². The first-order chi connectivity index (χ1) is 8.27. The van der Waals surface area contributed by atoms with Crippen molar-refractivity contribution in [1.82, 2.24) is 10.2 Å². The van der Waals surface area contributed by atoms with E-state index in [4.69, 9.17) is 0 Å². The normalized spacial score (nSPS) is 17.0. The Morgan fingerprint density at radius 1 is 1.35 bits per heavy atom. The first-order valence-corrected chi connectivity index (χ1v) is 5.99. The summed E-state index contributed by atoms with van der Waals surface area (Å²) in [5.74, 6) is -0.0771. The summed E-state index contributed by atoms with van der Waals surface area (Å²) in [6, 6.07) is 6.74. The Labute approximate surface area is 101 Å². The molecule has 1 aliphatic heterocycles. The average Bonchev–Trinajstić information content (AvgIpc) is 2.53. The van der Waals surface area contributed by atoms with Gasteiger partial charge in [-0.05, 0) is 31.0 Å². The molecule has 0 saturated carbocycles. The molecule has 92 valence electrons. The first kappa shape index (κ1) is 12.0. The zero-order valence-electron chi connectivity index (χ0n) is 9.79. The van der Waals surface area contributed by atoms with Crippen LogP contribution >= 0.6 is 0 Å². The van der Waals surface area contributed by atoms with Crippen LogP contribution in [0.25, 0.3) is 0 Å². The van der Waals surface area contributed by atoms with Crippen molar-refractivity contribution in [3.63, 3.8) is 0 Å². The van der Waals surface area contributed by atoms with E-state index in [-0.39, 0.29) is 11.7 Å². The lowest BCUT2D eigenvalue weighted by molar-refractivity contribution is -0.129.